The van der Waals surface area contributed by atoms with E-state index >= 15 is 0 Å². The molecule has 0 amide bonds. The molecule has 3 aromatic rings. The maximum Gasteiger partial charge on any atom is 0.229 e. The molecule has 7 nitrogen and oxygen atoms in total. The lowest BCUT2D eigenvalue weighted by Gasteiger charge is -2.11. The van der Waals surface area contributed by atoms with Crippen LogP contribution in [0.5, 0.6) is 0 Å². The highest BCUT2D eigenvalue weighted by Crippen LogP contribution is 2.35. The van der Waals surface area contributed by atoms with Gasteiger partial charge in [0.05, 0.1) is 5.75 Å². The van der Waals surface area contributed by atoms with E-state index in [0.717, 1.165) is 21.1 Å². The number of hydrogen-bond donors (Lipinski definition) is 1. The first kappa shape index (κ1) is 16.8. The topological polar surface area (TPSA) is 93.7 Å². The highest BCUT2D eigenvalue weighted by atomic mass is 32.2. The molecule has 0 atom stereocenters. The normalized spacial score (nSPS) is 11.2. The second kappa shape index (κ2) is 6.48. The Hall–Kier alpha value is -2.00. The van der Waals surface area contributed by atoms with Crippen LogP contribution in [0, 0.1) is 20.8 Å². The highest BCUT2D eigenvalue weighted by Gasteiger charge is 2.15. The Kier molecular flexibility index (Phi) is 4.55. The molecule has 126 valence electrons. The molecule has 0 saturated heterocycles. The van der Waals surface area contributed by atoms with Gasteiger partial charge in [-0.25, -0.2) is 9.97 Å². The number of nitrogens with two attached hydrogens (primary N) is 1. The molecule has 2 N–H and O–H groups in total. The third kappa shape index (κ3) is 3.27. The summed E-state index contributed by atoms with van der Waals surface area (Å²) in [5, 5.41) is 2.09. The van der Waals surface area contributed by atoms with Gasteiger partial charge in [0.15, 0.2) is 0 Å². The molecule has 24 heavy (non-hydrogen) atoms. The summed E-state index contributed by atoms with van der Waals surface area (Å²) < 4.78 is 0. The van der Waals surface area contributed by atoms with Gasteiger partial charge in [0, 0.05) is 24.4 Å². The summed E-state index contributed by atoms with van der Waals surface area (Å²) in [5.74, 6) is 2.79. The van der Waals surface area contributed by atoms with Crippen molar-refractivity contribution in [3.05, 3.63) is 22.1 Å². The minimum atomic E-state index is 0.232. The molecular weight excluding hydrogens is 342 g/mol. The Bertz CT molecular complexity index is 904. The molecule has 0 aromatic carbocycles. The van der Waals surface area contributed by atoms with Crippen LogP contribution in [0.1, 0.15) is 22.1 Å². The van der Waals surface area contributed by atoms with Gasteiger partial charge >= 0.3 is 0 Å². The van der Waals surface area contributed by atoms with Gasteiger partial charge in [-0.2, -0.15) is 15.0 Å². The van der Waals surface area contributed by atoms with E-state index in [1.807, 2.05) is 25.9 Å². The van der Waals surface area contributed by atoms with E-state index in [4.69, 9.17) is 5.73 Å². The lowest BCUT2D eigenvalue weighted by molar-refractivity contribution is 0.917. The average Bonchev–Trinajstić information content (AvgIpc) is 2.78. The van der Waals surface area contributed by atoms with E-state index in [0.29, 0.717) is 17.5 Å². The van der Waals surface area contributed by atoms with Crippen molar-refractivity contribution in [1.29, 1.82) is 0 Å². The Labute approximate surface area is 148 Å². The van der Waals surface area contributed by atoms with Gasteiger partial charge in [-0.05, 0) is 26.3 Å². The molecule has 0 unspecified atom stereocenters. The molecule has 0 fully saturated rings. The van der Waals surface area contributed by atoms with Crippen LogP contribution >= 0.6 is 23.1 Å². The van der Waals surface area contributed by atoms with E-state index in [1.54, 1.807) is 23.1 Å². The highest BCUT2D eigenvalue weighted by molar-refractivity contribution is 7.98. The van der Waals surface area contributed by atoms with Crippen molar-refractivity contribution in [3.63, 3.8) is 0 Å². The van der Waals surface area contributed by atoms with Gasteiger partial charge in [0.1, 0.15) is 21.5 Å². The van der Waals surface area contributed by atoms with Crippen molar-refractivity contribution in [2.45, 2.75) is 31.6 Å². The second-order valence-corrected chi connectivity index (χ2v) is 7.80. The lowest BCUT2D eigenvalue weighted by Crippen LogP contribution is -2.15. The summed E-state index contributed by atoms with van der Waals surface area (Å²) in [4.78, 5) is 26.1. The van der Waals surface area contributed by atoms with Crippen molar-refractivity contribution in [1.82, 2.24) is 24.9 Å². The van der Waals surface area contributed by atoms with Gasteiger partial charge in [-0.15, -0.1) is 11.3 Å². The molecule has 3 aromatic heterocycles. The monoisotopic (exact) mass is 361 g/mol. The zero-order chi connectivity index (χ0) is 17.4. The SMILES string of the molecule is Cc1nc(SCc2nc(N)nc(N(C)C)n2)c2c(C)c(C)sc2n1. The number of aryl methyl sites for hydroxylation is 3. The molecule has 0 bridgehead atoms. The van der Waals surface area contributed by atoms with Crippen LogP contribution in [-0.4, -0.2) is 39.0 Å². The second-order valence-electron chi connectivity index (χ2n) is 5.63. The number of hydrogen-bond acceptors (Lipinski definition) is 9. The van der Waals surface area contributed by atoms with Crippen LogP contribution in [0.25, 0.3) is 10.2 Å². The molecule has 0 radical (unpaired) electrons. The van der Waals surface area contributed by atoms with Gasteiger partial charge in [0.2, 0.25) is 11.9 Å². The average molecular weight is 362 g/mol. The predicted molar refractivity (Wildman–Crippen MR) is 99.8 cm³/mol. The number of thiophene rings is 1. The van der Waals surface area contributed by atoms with E-state index < -0.39 is 0 Å². The molecule has 0 aliphatic carbocycles. The predicted octanol–water partition coefficient (Wildman–Crippen LogP) is 2.74. The molecule has 0 aliphatic rings. The van der Waals surface area contributed by atoms with Crippen molar-refractivity contribution >= 4 is 45.2 Å². The first-order valence-electron chi connectivity index (χ1n) is 7.40. The molecule has 0 spiro atoms. The van der Waals surface area contributed by atoms with Crippen LogP contribution in [0.15, 0.2) is 5.03 Å². The third-order valence-electron chi connectivity index (χ3n) is 3.53. The fourth-order valence-corrected chi connectivity index (χ4v) is 4.37. The minimum absolute atomic E-state index is 0.232. The summed E-state index contributed by atoms with van der Waals surface area (Å²) in [7, 11) is 3.75. The van der Waals surface area contributed by atoms with Crippen molar-refractivity contribution in [2.24, 2.45) is 0 Å². The van der Waals surface area contributed by atoms with E-state index in [-0.39, 0.29) is 5.95 Å². The zero-order valence-corrected chi connectivity index (χ0v) is 15.9. The number of nitrogens with zero attached hydrogens (tertiary/aromatic N) is 6. The van der Waals surface area contributed by atoms with Crippen LogP contribution in [-0.2, 0) is 5.75 Å². The number of rotatable bonds is 4. The molecule has 9 heteroatoms. The van der Waals surface area contributed by atoms with E-state index in [1.165, 1.54) is 10.4 Å². The van der Waals surface area contributed by atoms with Gasteiger partial charge < -0.3 is 10.6 Å². The number of anilines is 2. The van der Waals surface area contributed by atoms with Crippen LogP contribution in [0.4, 0.5) is 11.9 Å². The van der Waals surface area contributed by atoms with Crippen LogP contribution in [0.2, 0.25) is 0 Å². The number of nitrogen functional groups attached to an aromatic ring is 1. The van der Waals surface area contributed by atoms with Crippen molar-refractivity contribution < 1.29 is 0 Å². The van der Waals surface area contributed by atoms with Gasteiger partial charge in [-0.3, -0.25) is 0 Å². The fraction of sp³-hybridized carbons (Fsp3) is 0.400. The standard InChI is InChI=1S/C15H19N7S2/c1-7-8(2)24-13-11(7)12(17-9(3)18-13)23-6-10-19-14(16)21-15(20-10)22(4)5/h6H2,1-5H3,(H2,16,19,20,21). The Morgan fingerprint density at radius 3 is 2.50 bits per heavy atom. The van der Waals surface area contributed by atoms with Crippen LogP contribution < -0.4 is 10.6 Å². The van der Waals surface area contributed by atoms with Crippen molar-refractivity contribution in [2.75, 3.05) is 24.7 Å². The van der Waals surface area contributed by atoms with Crippen LogP contribution in [0.3, 0.4) is 0 Å². The molecule has 3 rings (SSSR count). The summed E-state index contributed by atoms with van der Waals surface area (Å²) in [6.07, 6.45) is 0. The number of aromatic nitrogens is 5. The first-order chi connectivity index (χ1) is 11.3. The Balaban J connectivity index is 1.94. The first-order valence-corrected chi connectivity index (χ1v) is 9.20. The molecule has 0 saturated carbocycles. The van der Waals surface area contributed by atoms with Gasteiger partial charge in [0.25, 0.3) is 0 Å². The maximum atomic E-state index is 5.79. The summed E-state index contributed by atoms with van der Waals surface area (Å²) in [6, 6.07) is 0. The lowest BCUT2D eigenvalue weighted by atomic mass is 10.2. The minimum Gasteiger partial charge on any atom is -0.368 e. The Morgan fingerprint density at radius 1 is 1.04 bits per heavy atom. The number of fused-ring (bicyclic) bond motifs is 1. The smallest absolute Gasteiger partial charge is 0.229 e. The maximum absolute atomic E-state index is 5.79. The quantitative estimate of drug-likeness (QED) is 0.560. The van der Waals surface area contributed by atoms with E-state index in [2.05, 4.69) is 38.8 Å². The van der Waals surface area contributed by atoms with Crippen molar-refractivity contribution in [3.8, 4) is 0 Å². The zero-order valence-electron chi connectivity index (χ0n) is 14.3. The summed E-state index contributed by atoms with van der Waals surface area (Å²) in [5.41, 5.74) is 7.02. The van der Waals surface area contributed by atoms with Gasteiger partial charge in [-0.1, -0.05) is 11.8 Å². The largest absolute Gasteiger partial charge is 0.368 e. The van der Waals surface area contributed by atoms with E-state index in [9.17, 15) is 0 Å². The number of thioether (sulfide) groups is 1. The Morgan fingerprint density at radius 2 is 1.79 bits per heavy atom. The molecular formula is C15H19N7S2. The summed E-state index contributed by atoms with van der Waals surface area (Å²) in [6.45, 7) is 6.14. The fourth-order valence-electron chi connectivity index (χ4n) is 2.24. The molecule has 3 heterocycles. The third-order valence-corrected chi connectivity index (χ3v) is 5.61. The molecule has 0 aliphatic heterocycles. The summed E-state index contributed by atoms with van der Waals surface area (Å²) >= 11 is 3.31.